The lowest BCUT2D eigenvalue weighted by Crippen LogP contribution is -2.34. The predicted octanol–water partition coefficient (Wildman–Crippen LogP) is 1.30. The van der Waals surface area contributed by atoms with Gasteiger partial charge in [0.15, 0.2) is 5.41 Å². The Morgan fingerprint density at radius 2 is 2.21 bits per heavy atom. The second-order valence-corrected chi connectivity index (χ2v) is 4.91. The topological polar surface area (TPSA) is 85.2 Å². The lowest BCUT2D eigenvalue weighted by Gasteiger charge is -2.11. The molecule has 0 saturated heterocycles. The van der Waals surface area contributed by atoms with Gasteiger partial charge >= 0.3 is 5.97 Å². The summed E-state index contributed by atoms with van der Waals surface area (Å²) < 4.78 is 4.72. The smallest absolute Gasteiger partial charge is 0.322 e. The standard InChI is InChI=1S/C14H14N2O3/c1-19-13(18)14(12(15)17)7-10(14)9-3-2-8-4-5-16-11(8)6-9/h2-6,10,16H,7H2,1H3,(H2,15,17). The maximum absolute atomic E-state index is 11.8. The number of H-pyrrole nitrogens is 1. The van der Waals surface area contributed by atoms with Crippen molar-refractivity contribution in [2.45, 2.75) is 12.3 Å². The Labute approximate surface area is 109 Å². The number of hydrogen-bond donors (Lipinski definition) is 2. The number of aromatic nitrogens is 1. The number of fused-ring (bicyclic) bond motifs is 1. The number of rotatable bonds is 3. The number of ether oxygens (including phenoxy) is 1. The Bertz CT molecular complexity index is 676. The van der Waals surface area contributed by atoms with E-state index in [-0.39, 0.29) is 5.92 Å². The Kier molecular flexibility index (Phi) is 2.38. The molecule has 1 fully saturated rings. The molecule has 2 atom stereocenters. The molecule has 2 aromatic rings. The summed E-state index contributed by atoms with van der Waals surface area (Å²) in [6.45, 7) is 0. The molecule has 1 amide bonds. The first-order valence-electron chi connectivity index (χ1n) is 6.05. The molecule has 2 unspecified atom stereocenters. The van der Waals surface area contributed by atoms with Crippen LogP contribution in [0.1, 0.15) is 17.9 Å². The zero-order chi connectivity index (χ0) is 13.6. The number of esters is 1. The van der Waals surface area contributed by atoms with Gasteiger partial charge in [0, 0.05) is 17.6 Å². The quantitative estimate of drug-likeness (QED) is 0.642. The van der Waals surface area contributed by atoms with Crippen molar-refractivity contribution in [1.29, 1.82) is 0 Å². The number of nitrogens with two attached hydrogens (primary N) is 1. The average molecular weight is 258 g/mol. The van der Waals surface area contributed by atoms with Crippen molar-refractivity contribution in [3.63, 3.8) is 0 Å². The van der Waals surface area contributed by atoms with Crippen LogP contribution in [-0.4, -0.2) is 24.0 Å². The van der Waals surface area contributed by atoms with Crippen molar-refractivity contribution >= 4 is 22.8 Å². The minimum Gasteiger partial charge on any atom is -0.468 e. The summed E-state index contributed by atoms with van der Waals surface area (Å²) in [7, 11) is 1.27. The summed E-state index contributed by atoms with van der Waals surface area (Å²) in [5.41, 5.74) is 6.11. The highest BCUT2D eigenvalue weighted by Crippen LogP contribution is 2.60. The van der Waals surface area contributed by atoms with E-state index < -0.39 is 17.3 Å². The zero-order valence-electron chi connectivity index (χ0n) is 10.5. The molecular weight excluding hydrogens is 244 g/mol. The van der Waals surface area contributed by atoms with E-state index >= 15 is 0 Å². The third kappa shape index (κ3) is 1.54. The van der Waals surface area contributed by atoms with Crippen LogP contribution >= 0.6 is 0 Å². The first kappa shape index (κ1) is 11.8. The van der Waals surface area contributed by atoms with Gasteiger partial charge in [0.05, 0.1) is 7.11 Å². The van der Waals surface area contributed by atoms with E-state index in [0.717, 1.165) is 16.5 Å². The van der Waals surface area contributed by atoms with Gasteiger partial charge in [-0.1, -0.05) is 12.1 Å². The molecule has 1 aliphatic rings. The van der Waals surface area contributed by atoms with E-state index in [9.17, 15) is 9.59 Å². The van der Waals surface area contributed by atoms with E-state index in [1.165, 1.54) is 7.11 Å². The van der Waals surface area contributed by atoms with Gasteiger partial charge in [-0.15, -0.1) is 0 Å². The van der Waals surface area contributed by atoms with Gasteiger partial charge in [-0.25, -0.2) is 0 Å². The molecule has 0 spiro atoms. The molecule has 1 heterocycles. The van der Waals surface area contributed by atoms with Crippen LogP contribution in [0.2, 0.25) is 0 Å². The number of hydrogen-bond acceptors (Lipinski definition) is 3. The second-order valence-electron chi connectivity index (χ2n) is 4.91. The van der Waals surface area contributed by atoms with Crippen molar-refractivity contribution in [2.24, 2.45) is 11.1 Å². The molecular formula is C14H14N2O3. The van der Waals surface area contributed by atoms with E-state index in [1.807, 2.05) is 30.5 Å². The fourth-order valence-electron chi connectivity index (χ4n) is 2.73. The second kappa shape index (κ2) is 3.85. The summed E-state index contributed by atoms with van der Waals surface area (Å²) in [6.07, 6.45) is 2.27. The van der Waals surface area contributed by atoms with Crippen LogP contribution in [0.4, 0.5) is 0 Å². The van der Waals surface area contributed by atoms with E-state index in [0.29, 0.717) is 6.42 Å². The maximum Gasteiger partial charge on any atom is 0.322 e. The highest BCUT2D eigenvalue weighted by molar-refractivity contribution is 6.07. The third-order valence-corrected chi connectivity index (χ3v) is 3.93. The molecule has 98 valence electrons. The Morgan fingerprint density at radius 1 is 1.42 bits per heavy atom. The van der Waals surface area contributed by atoms with Crippen molar-refractivity contribution in [3.05, 3.63) is 36.0 Å². The van der Waals surface area contributed by atoms with E-state index in [1.54, 1.807) is 0 Å². The Hall–Kier alpha value is -2.30. The first-order valence-corrected chi connectivity index (χ1v) is 6.05. The minimum absolute atomic E-state index is 0.190. The number of nitrogens with one attached hydrogen (secondary N) is 1. The molecule has 1 aliphatic carbocycles. The zero-order valence-corrected chi connectivity index (χ0v) is 10.5. The fraction of sp³-hybridized carbons (Fsp3) is 0.286. The van der Waals surface area contributed by atoms with Gasteiger partial charge in [-0.05, 0) is 29.5 Å². The lowest BCUT2D eigenvalue weighted by molar-refractivity contribution is -0.151. The van der Waals surface area contributed by atoms with Crippen LogP contribution < -0.4 is 5.73 Å². The van der Waals surface area contributed by atoms with Crippen molar-refractivity contribution in [1.82, 2.24) is 4.98 Å². The fourth-order valence-corrected chi connectivity index (χ4v) is 2.73. The molecule has 5 nitrogen and oxygen atoms in total. The van der Waals surface area contributed by atoms with Gasteiger partial charge in [-0.2, -0.15) is 0 Å². The average Bonchev–Trinajstić information content (AvgIpc) is 3.01. The van der Waals surface area contributed by atoms with E-state index in [2.05, 4.69) is 4.98 Å². The summed E-state index contributed by atoms with van der Waals surface area (Å²) in [5.74, 6) is -1.35. The van der Waals surface area contributed by atoms with Crippen molar-refractivity contribution < 1.29 is 14.3 Å². The van der Waals surface area contributed by atoms with Crippen LogP contribution in [0.5, 0.6) is 0 Å². The van der Waals surface area contributed by atoms with Crippen molar-refractivity contribution in [3.8, 4) is 0 Å². The maximum atomic E-state index is 11.8. The highest BCUT2D eigenvalue weighted by atomic mass is 16.5. The molecule has 3 N–H and O–H groups in total. The number of aromatic amines is 1. The SMILES string of the molecule is COC(=O)C1(C(N)=O)CC1c1ccc2cc[nH]c2c1. The van der Waals surface area contributed by atoms with Gasteiger partial charge in [-0.3, -0.25) is 9.59 Å². The van der Waals surface area contributed by atoms with Crippen LogP contribution in [0.3, 0.4) is 0 Å². The number of carbonyl (C=O) groups is 2. The number of benzene rings is 1. The third-order valence-electron chi connectivity index (χ3n) is 3.93. The van der Waals surface area contributed by atoms with Crippen molar-refractivity contribution in [2.75, 3.05) is 7.11 Å². The first-order chi connectivity index (χ1) is 9.09. The molecule has 1 saturated carbocycles. The Morgan fingerprint density at radius 3 is 2.89 bits per heavy atom. The summed E-state index contributed by atoms with van der Waals surface area (Å²) in [5, 5.41) is 1.09. The highest BCUT2D eigenvalue weighted by Gasteiger charge is 2.66. The number of carbonyl (C=O) groups excluding carboxylic acids is 2. The van der Waals surface area contributed by atoms with Crippen LogP contribution in [0.25, 0.3) is 10.9 Å². The normalized spacial score (nSPS) is 25.2. The Balaban J connectivity index is 1.99. The molecule has 3 rings (SSSR count). The molecule has 0 bridgehead atoms. The number of methoxy groups -OCH3 is 1. The van der Waals surface area contributed by atoms with Gasteiger partial charge in [0.1, 0.15) is 0 Å². The number of primary amides is 1. The summed E-state index contributed by atoms with van der Waals surface area (Å²) in [6, 6.07) is 7.80. The molecule has 19 heavy (non-hydrogen) atoms. The van der Waals surface area contributed by atoms with Gasteiger partial charge in [0.25, 0.3) is 0 Å². The molecule has 0 aliphatic heterocycles. The van der Waals surface area contributed by atoms with Gasteiger partial charge < -0.3 is 15.5 Å². The van der Waals surface area contributed by atoms with Crippen LogP contribution in [-0.2, 0) is 14.3 Å². The molecule has 0 radical (unpaired) electrons. The van der Waals surface area contributed by atoms with Crippen LogP contribution in [0.15, 0.2) is 30.5 Å². The van der Waals surface area contributed by atoms with Gasteiger partial charge in [0.2, 0.25) is 5.91 Å². The lowest BCUT2D eigenvalue weighted by atomic mass is 9.98. The predicted molar refractivity (Wildman–Crippen MR) is 69.3 cm³/mol. The van der Waals surface area contributed by atoms with Crippen LogP contribution in [0, 0.1) is 5.41 Å². The monoisotopic (exact) mass is 258 g/mol. The molecule has 1 aromatic carbocycles. The number of amides is 1. The minimum atomic E-state index is -1.19. The summed E-state index contributed by atoms with van der Waals surface area (Å²) in [4.78, 5) is 26.5. The molecule has 5 heteroatoms. The largest absolute Gasteiger partial charge is 0.468 e. The molecule has 1 aromatic heterocycles. The summed E-state index contributed by atoms with van der Waals surface area (Å²) >= 11 is 0. The van der Waals surface area contributed by atoms with E-state index in [4.69, 9.17) is 10.5 Å².